The molecule has 8 nitrogen and oxygen atoms in total. The maximum absolute atomic E-state index is 13.6. The van der Waals surface area contributed by atoms with Crippen molar-refractivity contribution in [2.75, 3.05) is 19.6 Å². The first-order valence-corrected chi connectivity index (χ1v) is 12.6. The molecule has 0 aromatic carbocycles. The highest BCUT2D eigenvalue weighted by Gasteiger charge is 2.55. The Morgan fingerprint density at radius 3 is 2.59 bits per heavy atom. The lowest BCUT2D eigenvalue weighted by molar-refractivity contribution is -0.605. The van der Waals surface area contributed by atoms with E-state index >= 15 is 0 Å². The predicted molar refractivity (Wildman–Crippen MR) is 131 cm³/mol. The summed E-state index contributed by atoms with van der Waals surface area (Å²) in [5.74, 6) is -0.161. The van der Waals surface area contributed by atoms with Crippen molar-refractivity contribution >= 4 is 24.2 Å². The number of piperidine rings is 1. The van der Waals surface area contributed by atoms with E-state index in [2.05, 4.69) is 17.1 Å². The molecule has 9 heteroatoms. The summed E-state index contributed by atoms with van der Waals surface area (Å²) in [6.45, 7) is 4.62. The Kier molecular flexibility index (Phi) is 9.18. The minimum absolute atomic E-state index is 0. The summed E-state index contributed by atoms with van der Waals surface area (Å²) in [7, 11) is 0. The zero-order valence-corrected chi connectivity index (χ0v) is 21.0. The zero-order valence-electron chi connectivity index (χ0n) is 20.2. The number of aliphatic hydroxyl groups is 1. The molecule has 1 aromatic rings. The number of hydrogen-bond donors (Lipinski definition) is 2. The van der Waals surface area contributed by atoms with Crippen molar-refractivity contribution in [1.82, 2.24) is 15.1 Å². The van der Waals surface area contributed by atoms with Gasteiger partial charge in [0.1, 0.15) is 11.6 Å². The van der Waals surface area contributed by atoms with Crippen molar-refractivity contribution in [1.29, 1.82) is 0 Å². The van der Waals surface area contributed by atoms with Crippen LogP contribution in [0.1, 0.15) is 70.3 Å². The zero-order chi connectivity index (χ0) is 23.4. The number of hydrogen-bond acceptors (Lipinski definition) is 5. The first kappa shape index (κ1) is 26.7. The van der Waals surface area contributed by atoms with Gasteiger partial charge in [0.25, 0.3) is 0 Å². The number of likely N-dealkylation sites (tertiary alicyclic amines) is 1. The van der Waals surface area contributed by atoms with Gasteiger partial charge in [-0.15, -0.1) is 12.4 Å². The lowest BCUT2D eigenvalue weighted by Gasteiger charge is -2.52. The Labute approximate surface area is 208 Å². The third kappa shape index (κ3) is 5.50. The molecule has 34 heavy (non-hydrogen) atoms. The number of unbranched alkanes of at least 4 members (excludes halogenated alkanes) is 1. The molecule has 2 atom stereocenters. The van der Waals surface area contributed by atoms with Crippen molar-refractivity contribution in [2.24, 2.45) is 5.92 Å². The summed E-state index contributed by atoms with van der Waals surface area (Å²) in [5.41, 5.74) is 0.0897. The van der Waals surface area contributed by atoms with Crippen LogP contribution in [0.3, 0.4) is 0 Å². The Morgan fingerprint density at radius 1 is 1.24 bits per heavy atom. The number of nitrogens with one attached hydrogen (secondary N) is 1. The molecule has 4 rings (SSSR count). The number of amides is 2. The lowest BCUT2D eigenvalue weighted by Crippen LogP contribution is -2.75. The molecule has 2 aliphatic heterocycles. The highest BCUT2D eigenvalue weighted by Crippen LogP contribution is 2.36. The molecule has 190 valence electrons. The molecular weight excluding hydrogens is 456 g/mol. The maximum atomic E-state index is 13.6. The highest BCUT2D eigenvalue weighted by atomic mass is 35.5. The van der Waals surface area contributed by atoms with Gasteiger partial charge in [0.2, 0.25) is 11.8 Å². The average molecular weight is 495 g/mol. The van der Waals surface area contributed by atoms with E-state index in [0.29, 0.717) is 39.0 Å². The van der Waals surface area contributed by atoms with Crippen LogP contribution in [0.4, 0.5) is 0 Å². The largest absolute Gasteiger partial charge is 0.619 e. The van der Waals surface area contributed by atoms with Crippen LogP contribution >= 0.6 is 12.4 Å². The van der Waals surface area contributed by atoms with Crippen LogP contribution in [0.5, 0.6) is 0 Å². The van der Waals surface area contributed by atoms with Crippen LogP contribution in [0.15, 0.2) is 24.5 Å². The molecule has 2 amide bonds. The van der Waals surface area contributed by atoms with Crippen LogP contribution < -0.4 is 10.0 Å². The van der Waals surface area contributed by atoms with Gasteiger partial charge in [-0.2, -0.15) is 4.73 Å². The van der Waals surface area contributed by atoms with E-state index in [4.69, 9.17) is 0 Å². The van der Waals surface area contributed by atoms with Crippen molar-refractivity contribution in [2.45, 2.75) is 88.9 Å². The summed E-state index contributed by atoms with van der Waals surface area (Å²) in [6.07, 6.45) is 10.3. The van der Waals surface area contributed by atoms with Crippen molar-refractivity contribution in [3.63, 3.8) is 0 Å². The smallest absolute Gasteiger partial charge is 0.248 e. The molecule has 1 aliphatic carbocycles. The average Bonchev–Trinajstić information content (AvgIpc) is 2.83. The van der Waals surface area contributed by atoms with E-state index in [1.54, 1.807) is 17.2 Å². The Bertz CT molecular complexity index is 840. The summed E-state index contributed by atoms with van der Waals surface area (Å²) in [5, 5.41) is 25.6. The third-order valence-corrected chi connectivity index (χ3v) is 7.89. The SMILES string of the molecule is CCCCN1C(=O)[C@@H]([C@H](O)C2CCCCC2)NC(=O)C12CCN(Cc1ccc[n+]([O-])c1)CC2.Cl. The quantitative estimate of drug-likeness (QED) is 0.447. The topological polar surface area (TPSA) is 99.8 Å². The highest BCUT2D eigenvalue weighted by molar-refractivity contribution is 6.00. The van der Waals surface area contributed by atoms with E-state index in [9.17, 15) is 19.9 Å². The number of pyridine rings is 1. The lowest BCUT2D eigenvalue weighted by atomic mass is 9.78. The molecule has 0 radical (unpaired) electrons. The van der Waals surface area contributed by atoms with E-state index in [0.717, 1.165) is 48.8 Å². The second-order valence-electron chi connectivity index (χ2n) is 10.1. The van der Waals surface area contributed by atoms with Crippen LogP contribution in [-0.2, 0) is 16.1 Å². The van der Waals surface area contributed by atoms with Crippen LogP contribution in [-0.4, -0.2) is 64.0 Å². The van der Waals surface area contributed by atoms with Gasteiger partial charge < -0.3 is 20.5 Å². The second-order valence-corrected chi connectivity index (χ2v) is 10.1. The number of nitrogens with zero attached hydrogens (tertiary/aromatic N) is 3. The Hall–Kier alpha value is -1.90. The van der Waals surface area contributed by atoms with Gasteiger partial charge in [0.05, 0.1) is 6.10 Å². The summed E-state index contributed by atoms with van der Waals surface area (Å²) in [6, 6.07) is 2.84. The van der Waals surface area contributed by atoms with Crippen LogP contribution in [0.2, 0.25) is 0 Å². The van der Waals surface area contributed by atoms with Crippen LogP contribution in [0, 0.1) is 11.1 Å². The fourth-order valence-electron chi connectivity index (χ4n) is 5.89. The number of aliphatic hydroxyl groups excluding tert-OH is 1. The van der Waals surface area contributed by atoms with Gasteiger partial charge in [-0.05, 0) is 44.1 Å². The van der Waals surface area contributed by atoms with Gasteiger partial charge in [0.15, 0.2) is 12.4 Å². The molecule has 0 unspecified atom stereocenters. The van der Waals surface area contributed by atoms with E-state index in [1.807, 2.05) is 6.07 Å². The second kappa shape index (κ2) is 11.7. The molecule has 2 saturated heterocycles. The number of rotatable bonds is 7. The summed E-state index contributed by atoms with van der Waals surface area (Å²) < 4.78 is 0.804. The van der Waals surface area contributed by atoms with Gasteiger partial charge in [-0.25, -0.2) is 0 Å². The van der Waals surface area contributed by atoms with Crippen molar-refractivity contribution < 1.29 is 19.4 Å². The first-order valence-electron chi connectivity index (χ1n) is 12.6. The van der Waals surface area contributed by atoms with Crippen LogP contribution in [0.25, 0.3) is 0 Å². The number of aromatic nitrogens is 1. The molecule has 1 saturated carbocycles. The number of halogens is 1. The van der Waals surface area contributed by atoms with E-state index in [1.165, 1.54) is 12.6 Å². The number of piperazine rings is 1. The predicted octanol–water partition coefficient (Wildman–Crippen LogP) is 2.14. The fraction of sp³-hybridized carbons (Fsp3) is 0.720. The molecule has 1 spiro atoms. The van der Waals surface area contributed by atoms with Gasteiger partial charge >= 0.3 is 0 Å². The van der Waals surface area contributed by atoms with E-state index in [-0.39, 0.29) is 30.1 Å². The molecule has 3 fully saturated rings. The molecule has 3 heterocycles. The molecular formula is C25H39ClN4O4. The standard InChI is InChI=1S/C25H38N4O4.ClH/c1-2-3-14-29-23(31)21(22(30)20-9-5-4-6-10-20)26-24(32)25(29)11-15-27(16-12-25)17-19-8-7-13-28(33)18-19;/h7-8,13,18,20-22,30H,2-6,9-12,14-17H2,1H3,(H,26,32);1H/t21-,22-;/m1./s1. The summed E-state index contributed by atoms with van der Waals surface area (Å²) in [4.78, 5) is 31.2. The molecule has 0 bridgehead atoms. The monoisotopic (exact) mass is 494 g/mol. The first-order chi connectivity index (χ1) is 15.9. The summed E-state index contributed by atoms with van der Waals surface area (Å²) >= 11 is 0. The van der Waals surface area contributed by atoms with Gasteiger partial charge in [-0.1, -0.05) is 32.6 Å². The van der Waals surface area contributed by atoms with Gasteiger partial charge in [-0.3, -0.25) is 14.5 Å². The Balaban J connectivity index is 0.00000324. The number of carbonyl (C=O) groups excluding carboxylic acids is 2. The Morgan fingerprint density at radius 2 is 1.94 bits per heavy atom. The fourth-order valence-corrected chi connectivity index (χ4v) is 5.89. The van der Waals surface area contributed by atoms with Gasteiger partial charge in [0, 0.05) is 37.8 Å². The molecule has 2 N–H and O–H groups in total. The van der Waals surface area contributed by atoms with Crippen molar-refractivity contribution in [3.8, 4) is 0 Å². The molecule has 3 aliphatic rings. The van der Waals surface area contributed by atoms with E-state index < -0.39 is 17.7 Å². The number of carbonyl (C=O) groups is 2. The van der Waals surface area contributed by atoms with Crippen molar-refractivity contribution in [3.05, 3.63) is 35.3 Å². The maximum Gasteiger partial charge on any atom is 0.248 e. The normalized spacial score (nSPS) is 24.5. The minimum atomic E-state index is -0.847. The minimum Gasteiger partial charge on any atom is -0.619 e. The molecule has 1 aromatic heterocycles. The third-order valence-electron chi connectivity index (χ3n) is 7.89.